The van der Waals surface area contributed by atoms with Crippen LogP contribution in [0.25, 0.3) is 0 Å². The maximum absolute atomic E-state index is 13.4. The second-order valence-corrected chi connectivity index (χ2v) is 3.83. The molecule has 21 heavy (non-hydrogen) atoms. The number of imide groups is 1. The molecule has 0 aliphatic carbocycles. The van der Waals surface area contributed by atoms with Gasteiger partial charge < -0.3 is 14.8 Å². The molecule has 0 saturated carbocycles. The lowest BCUT2D eigenvalue weighted by Gasteiger charge is -2.07. The number of nitrogens with one attached hydrogen (secondary N) is 2. The maximum atomic E-state index is 13.4. The van der Waals surface area contributed by atoms with Gasteiger partial charge in [-0.1, -0.05) is 0 Å². The van der Waals surface area contributed by atoms with Crippen LogP contribution in [0, 0.1) is 5.82 Å². The van der Waals surface area contributed by atoms with Crippen LogP contribution in [0.1, 0.15) is 17.3 Å². The van der Waals surface area contributed by atoms with Gasteiger partial charge in [0.25, 0.3) is 5.91 Å². The fraction of sp³-hybridized carbons (Fsp3) is 0.308. The van der Waals surface area contributed by atoms with Gasteiger partial charge in [-0.05, 0) is 25.1 Å². The van der Waals surface area contributed by atoms with E-state index in [4.69, 9.17) is 4.74 Å². The molecule has 0 bridgehead atoms. The fourth-order valence-electron chi connectivity index (χ4n) is 1.38. The molecule has 0 unspecified atom stereocenters. The van der Waals surface area contributed by atoms with E-state index in [0.29, 0.717) is 6.54 Å². The van der Waals surface area contributed by atoms with Crippen LogP contribution < -0.4 is 15.4 Å². The Labute approximate surface area is 120 Å². The van der Waals surface area contributed by atoms with Gasteiger partial charge in [-0.15, -0.1) is 0 Å². The average Bonchev–Trinajstić information content (AvgIpc) is 2.44. The van der Waals surface area contributed by atoms with Gasteiger partial charge >= 0.3 is 12.0 Å². The highest BCUT2D eigenvalue weighted by Crippen LogP contribution is 2.18. The Morgan fingerprint density at radius 1 is 1.29 bits per heavy atom. The van der Waals surface area contributed by atoms with Crippen molar-refractivity contribution in [2.45, 2.75) is 6.92 Å². The molecule has 0 aliphatic heterocycles. The monoisotopic (exact) mass is 298 g/mol. The SMILES string of the molecule is CCNC(=O)NC(=O)COC(=O)c1ccc(OC)c(F)c1. The van der Waals surface area contributed by atoms with Crippen LogP contribution in [0.3, 0.4) is 0 Å². The number of urea groups is 1. The lowest BCUT2D eigenvalue weighted by Crippen LogP contribution is -2.41. The Morgan fingerprint density at radius 2 is 2.00 bits per heavy atom. The molecule has 1 rings (SSSR count). The number of hydrogen-bond acceptors (Lipinski definition) is 5. The van der Waals surface area contributed by atoms with Crippen molar-refractivity contribution in [2.75, 3.05) is 20.3 Å². The molecular weight excluding hydrogens is 283 g/mol. The molecule has 0 heterocycles. The Bertz CT molecular complexity index is 547. The van der Waals surface area contributed by atoms with E-state index < -0.39 is 30.3 Å². The zero-order valence-electron chi connectivity index (χ0n) is 11.6. The minimum atomic E-state index is -0.886. The highest BCUT2D eigenvalue weighted by molar-refractivity contribution is 5.97. The molecule has 3 amide bonds. The number of ether oxygens (including phenoxy) is 2. The zero-order chi connectivity index (χ0) is 15.8. The molecule has 0 radical (unpaired) electrons. The molecule has 0 saturated heterocycles. The first-order valence-electron chi connectivity index (χ1n) is 6.06. The third kappa shape index (κ3) is 5.09. The highest BCUT2D eigenvalue weighted by Gasteiger charge is 2.14. The number of hydrogen-bond donors (Lipinski definition) is 2. The van der Waals surface area contributed by atoms with Crippen LogP contribution in [-0.2, 0) is 9.53 Å². The first-order chi connectivity index (χ1) is 9.97. The van der Waals surface area contributed by atoms with E-state index in [2.05, 4.69) is 10.1 Å². The first kappa shape index (κ1) is 16.4. The van der Waals surface area contributed by atoms with E-state index in [1.54, 1.807) is 6.92 Å². The highest BCUT2D eigenvalue weighted by atomic mass is 19.1. The normalized spacial score (nSPS) is 9.67. The van der Waals surface area contributed by atoms with Gasteiger partial charge in [0.15, 0.2) is 18.2 Å². The number of methoxy groups -OCH3 is 1. The van der Waals surface area contributed by atoms with Crippen molar-refractivity contribution in [1.82, 2.24) is 10.6 Å². The van der Waals surface area contributed by atoms with E-state index >= 15 is 0 Å². The van der Waals surface area contributed by atoms with Crippen molar-refractivity contribution >= 4 is 17.9 Å². The molecule has 0 fully saturated rings. The fourth-order valence-corrected chi connectivity index (χ4v) is 1.38. The van der Waals surface area contributed by atoms with Gasteiger partial charge in [0.1, 0.15) is 0 Å². The minimum Gasteiger partial charge on any atom is -0.494 e. The summed E-state index contributed by atoms with van der Waals surface area (Å²) in [6.45, 7) is 1.38. The van der Waals surface area contributed by atoms with Crippen LogP contribution in [-0.4, -0.2) is 38.2 Å². The molecular formula is C13H15FN2O5. The van der Waals surface area contributed by atoms with Gasteiger partial charge in [0.2, 0.25) is 0 Å². The van der Waals surface area contributed by atoms with Crippen molar-refractivity contribution in [3.05, 3.63) is 29.6 Å². The quantitative estimate of drug-likeness (QED) is 0.786. The molecule has 1 aromatic carbocycles. The third-order valence-corrected chi connectivity index (χ3v) is 2.31. The molecule has 0 atom stereocenters. The Kier molecular flexibility index (Phi) is 6.12. The second-order valence-electron chi connectivity index (χ2n) is 3.83. The maximum Gasteiger partial charge on any atom is 0.338 e. The second kappa shape index (κ2) is 7.83. The van der Waals surface area contributed by atoms with Crippen molar-refractivity contribution in [1.29, 1.82) is 0 Å². The summed E-state index contributed by atoms with van der Waals surface area (Å²) in [6.07, 6.45) is 0. The molecule has 0 aliphatic rings. The van der Waals surface area contributed by atoms with Crippen molar-refractivity contribution in [2.24, 2.45) is 0 Å². The lowest BCUT2D eigenvalue weighted by atomic mass is 10.2. The van der Waals surface area contributed by atoms with E-state index in [0.717, 1.165) is 6.07 Å². The summed E-state index contributed by atoms with van der Waals surface area (Å²) in [5, 5.41) is 4.30. The smallest absolute Gasteiger partial charge is 0.338 e. The Morgan fingerprint density at radius 3 is 2.57 bits per heavy atom. The summed E-state index contributed by atoms with van der Waals surface area (Å²) in [4.78, 5) is 33.9. The van der Waals surface area contributed by atoms with Crippen molar-refractivity contribution in [3.8, 4) is 5.75 Å². The predicted molar refractivity (Wildman–Crippen MR) is 70.4 cm³/mol. The number of carbonyl (C=O) groups excluding carboxylic acids is 3. The Balaban J connectivity index is 2.52. The summed E-state index contributed by atoms with van der Waals surface area (Å²) in [5.74, 6) is -2.41. The third-order valence-electron chi connectivity index (χ3n) is 2.31. The summed E-state index contributed by atoms with van der Waals surface area (Å²) in [7, 11) is 1.29. The van der Waals surface area contributed by atoms with Crippen LogP contribution in [0.2, 0.25) is 0 Å². The summed E-state index contributed by atoms with van der Waals surface area (Å²) in [5.41, 5.74) is -0.0703. The largest absolute Gasteiger partial charge is 0.494 e. The van der Waals surface area contributed by atoms with Crippen LogP contribution in [0.4, 0.5) is 9.18 Å². The minimum absolute atomic E-state index is 0.0134. The zero-order valence-corrected chi connectivity index (χ0v) is 11.6. The van der Waals surface area contributed by atoms with Crippen LogP contribution in [0.5, 0.6) is 5.75 Å². The number of benzene rings is 1. The molecule has 0 aromatic heterocycles. The number of esters is 1. The summed E-state index contributed by atoms with van der Waals surface area (Å²) >= 11 is 0. The van der Waals surface area contributed by atoms with Gasteiger partial charge in [-0.2, -0.15) is 0 Å². The Hall–Kier alpha value is -2.64. The van der Waals surface area contributed by atoms with Crippen molar-refractivity contribution < 1.29 is 28.2 Å². The molecule has 7 nitrogen and oxygen atoms in total. The van der Waals surface area contributed by atoms with E-state index in [1.807, 2.05) is 5.32 Å². The number of halogens is 1. The van der Waals surface area contributed by atoms with E-state index in [9.17, 15) is 18.8 Å². The molecule has 0 spiro atoms. The number of amides is 3. The van der Waals surface area contributed by atoms with E-state index in [1.165, 1.54) is 19.2 Å². The molecule has 8 heteroatoms. The van der Waals surface area contributed by atoms with Crippen molar-refractivity contribution in [3.63, 3.8) is 0 Å². The number of carbonyl (C=O) groups is 3. The standard InChI is InChI=1S/C13H15FN2O5/c1-3-15-13(19)16-11(17)7-21-12(18)8-4-5-10(20-2)9(14)6-8/h4-6H,3,7H2,1-2H3,(H2,15,16,17,19). The summed E-state index contributed by atoms with van der Waals surface area (Å²) < 4.78 is 22.8. The van der Waals surface area contributed by atoms with Crippen LogP contribution in [0.15, 0.2) is 18.2 Å². The number of rotatable bonds is 5. The predicted octanol–water partition coefficient (Wildman–Crippen LogP) is 0.837. The molecule has 114 valence electrons. The van der Waals surface area contributed by atoms with Crippen LogP contribution >= 0.6 is 0 Å². The van der Waals surface area contributed by atoms with E-state index in [-0.39, 0.29) is 11.3 Å². The van der Waals surface area contributed by atoms with Gasteiger partial charge in [0.05, 0.1) is 12.7 Å². The van der Waals surface area contributed by atoms with Gasteiger partial charge in [0, 0.05) is 6.54 Å². The summed E-state index contributed by atoms with van der Waals surface area (Å²) in [6, 6.07) is 2.81. The molecule has 2 N–H and O–H groups in total. The topological polar surface area (TPSA) is 93.7 Å². The first-order valence-corrected chi connectivity index (χ1v) is 6.06. The van der Waals surface area contributed by atoms with Gasteiger partial charge in [-0.25, -0.2) is 14.0 Å². The average molecular weight is 298 g/mol. The molecule has 1 aromatic rings. The lowest BCUT2D eigenvalue weighted by molar-refractivity contribution is -0.123. The van der Waals surface area contributed by atoms with Gasteiger partial charge in [-0.3, -0.25) is 10.1 Å².